The van der Waals surface area contributed by atoms with E-state index in [2.05, 4.69) is 15.1 Å². The van der Waals surface area contributed by atoms with Gasteiger partial charge in [0.05, 0.1) is 6.54 Å². The van der Waals surface area contributed by atoms with Gasteiger partial charge in [-0.2, -0.15) is 4.98 Å². The second kappa shape index (κ2) is 6.49. The van der Waals surface area contributed by atoms with Gasteiger partial charge in [0, 0.05) is 30.6 Å². The number of amides is 1. The normalized spacial score (nSPS) is 10.6. The molecule has 1 amide bonds. The largest absolute Gasteiger partial charge is 0.364 e. The Morgan fingerprint density at radius 2 is 2.04 bits per heavy atom. The van der Waals surface area contributed by atoms with E-state index in [1.165, 1.54) is 17.2 Å². The van der Waals surface area contributed by atoms with Crippen LogP contribution < -0.4 is 5.43 Å². The summed E-state index contributed by atoms with van der Waals surface area (Å²) in [7, 11) is 1.58. The second-order valence-electron chi connectivity index (χ2n) is 5.44. The zero-order chi connectivity index (χ0) is 17.1. The first-order chi connectivity index (χ1) is 11.5. The third-order valence-corrected chi connectivity index (χ3v) is 3.50. The van der Waals surface area contributed by atoms with E-state index in [9.17, 15) is 9.59 Å². The first kappa shape index (κ1) is 15.7. The molecule has 0 fully saturated rings. The molecular formula is C17H16N4O3. The van der Waals surface area contributed by atoms with Crippen LogP contribution in [0.2, 0.25) is 0 Å². The van der Waals surface area contributed by atoms with Gasteiger partial charge in [-0.05, 0) is 19.1 Å². The molecule has 0 saturated carbocycles. The maximum Gasteiger partial charge on any atom is 0.259 e. The Morgan fingerprint density at radius 1 is 1.29 bits per heavy atom. The van der Waals surface area contributed by atoms with Crippen LogP contribution in [0.4, 0.5) is 0 Å². The Hall–Kier alpha value is -3.22. The van der Waals surface area contributed by atoms with E-state index in [0.717, 1.165) is 5.56 Å². The standard InChI is InChI=1S/C17H16N4O3/c1-11-8-14(22)13(9-18-11)17(23)21(2)10-15-19-16(24-20-15)12-6-4-3-5-7-12/h3-9H,10H2,1-2H3,(H,18,22). The number of hydrogen-bond donors (Lipinski definition) is 1. The fourth-order valence-electron chi connectivity index (χ4n) is 2.25. The molecule has 3 rings (SSSR count). The van der Waals surface area contributed by atoms with Crippen LogP contribution in [0.5, 0.6) is 0 Å². The second-order valence-corrected chi connectivity index (χ2v) is 5.44. The Kier molecular flexibility index (Phi) is 4.24. The number of rotatable bonds is 4. The van der Waals surface area contributed by atoms with Crippen LogP contribution in [0, 0.1) is 6.92 Å². The molecule has 122 valence electrons. The van der Waals surface area contributed by atoms with Gasteiger partial charge in [-0.25, -0.2) is 0 Å². The summed E-state index contributed by atoms with van der Waals surface area (Å²) in [5.74, 6) is 0.357. The van der Waals surface area contributed by atoms with Crippen LogP contribution in [-0.4, -0.2) is 33.0 Å². The van der Waals surface area contributed by atoms with Crippen LogP contribution in [0.3, 0.4) is 0 Å². The summed E-state index contributed by atoms with van der Waals surface area (Å²) in [6.07, 6.45) is 1.42. The first-order valence-corrected chi connectivity index (χ1v) is 7.37. The molecule has 7 nitrogen and oxygen atoms in total. The Labute approximate surface area is 137 Å². The number of pyridine rings is 1. The van der Waals surface area contributed by atoms with Crippen LogP contribution in [0.15, 0.2) is 51.9 Å². The summed E-state index contributed by atoms with van der Waals surface area (Å²) in [6.45, 7) is 1.90. The highest BCUT2D eigenvalue weighted by molar-refractivity contribution is 5.93. The number of nitrogens with one attached hydrogen (secondary N) is 1. The highest BCUT2D eigenvalue weighted by Gasteiger charge is 2.18. The average Bonchev–Trinajstić information content (AvgIpc) is 3.03. The van der Waals surface area contributed by atoms with Crippen molar-refractivity contribution in [3.63, 3.8) is 0 Å². The summed E-state index contributed by atoms with van der Waals surface area (Å²) in [5, 5.41) is 3.88. The molecule has 7 heteroatoms. The lowest BCUT2D eigenvalue weighted by atomic mass is 10.2. The fraction of sp³-hybridized carbons (Fsp3) is 0.176. The molecule has 0 saturated heterocycles. The Bertz CT molecular complexity index is 915. The number of aromatic nitrogens is 3. The number of benzene rings is 1. The zero-order valence-electron chi connectivity index (χ0n) is 13.3. The van der Waals surface area contributed by atoms with Crippen molar-refractivity contribution in [1.29, 1.82) is 0 Å². The van der Waals surface area contributed by atoms with Crippen molar-refractivity contribution in [3.05, 3.63) is 69.9 Å². The molecule has 0 aliphatic carbocycles. The predicted octanol–water partition coefficient (Wildman–Crippen LogP) is 2.01. The van der Waals surface area contributed by atoms with Crippen LogP contribution in [-0.2, 0) is 6.54 Å². The van der Waals surface area contributed by atoms with E-state index in [0.29, 0.717) is 17.4 Å². The van der Waals surface area contributed by atoms with Gasteiger partial charge < -0.3 is 14.4 Å². The summed E-state index contributed by atoms with van der Waals surface area (Å²) in [4.78, 5) is 32.8. The molecule has 2 heterocycles. The molecular weight excluding hydrogens is 308 g/mol. The van der Waals surface area contributed by atoms with E-state index in [1.807, 2.05) is 30.3 Å². The Balaban J connectivity index is 1.75. The smallest absolute Gasteiger partial charge is 0.259 e. The number of aromatic amines is 1. The van der Waals surface area contributed by atoms with Crippen LogP contribution >= 0.6 is 0 Å². The van der Waals surface area contributed by atoms with Gasteiger partial charge >= 0.3 is 0 Å². The molecule has 1 N–H and O–H groups in total. The summed E-state index contributed by atoms with van der Waals surface area (Å²) >= 11 is 0. The highest BCUT2D eigenvalue weighted by Crippen LogP contribution is 2.16. The molecule has 1 aromatic carbocycles. The number of H-pyrrole nitrogens is 1. The zero-order valence-corrected chi connectivity index (χ0v) is 13.3. The predicted molar refractivity (Wildman–Crippen MR) is 87.3 cm³/mol. The minimum atomic E-state index is -0.401. The van der Waals surface area contributed by atoms with E-state index in [-0.39, 0.29) is 17.5 Å². The molecule has 0 aliphatic rings. The third kappa shape index (κ3) is 3.24. The summed E-state index contributed by atoms with van der Waals surface area (Å²) < 4.78 is 5.21. The van der Waals surface area contributed by atoms with E-state index >= 15 is 0 Å². The van der Waals surface area contributed by atoms with E-state index in [1.54, 1.807) is 14.0 Å². The minimum absolute atomic E-state index is 0.0786. The lowest BCUT2D eigenvalue weighted by molar-refractivity contribution is 0.0779. The molecule has 0 aliphatic heterocycles. The topological polar surface area (TPSA) is 92.1 Å². The molecule has 3 aromatic rings. The number of carbonyl (C=O) groups is 1. The Morgan fingerprint density at radius 3 is 2.75 bits per heavy atom. The van der Waals surface area contributed by atoms with Gasteiger partial charge in [-0.3, -0.25) is 9.59 Å². The average molecular weight is 324 g/mol. The van der Waals surface area contributed by atoms with E-state index < -0.39 is 5.91 Å². The fourth-order valence-corrected chi connectivity index (χ4v) is 2.25. The van der Waals surface area contributed by atoms with Gasteiger partial charge in [0.25, 0.3) is 11.8 Å². The monoisotopic (exact) mass is 324 g/mol. The van der Waals surface area contributed by atoms with Crippen LogP contribution in [0.25, 0.3) is 11.5 Å². The van der Waals surface area contributed by atoms with Gasteiger partial charge in [0.2, 0.25) is 0 Å². The first-order valence-electron chi connectivity index (χ1n) is 7.37. The molecule has 24 heavy (non-hydrogen) atoms. The maximum atomic E-state index is 12.4. The van der Waals surface area contributed by atoms with Crippen molar-refractivity contribution >= 4 is 5.91 Å². The molecule has 0 spiro atoms. The van der Waals surface area contributed by atoms with Crippen molar-refractivity contribution in [2.45, 2.75) is 13.5 Å². The number of carbonyl (C=O) groups excluding carboxylic acids is 1. The third-order valence-electron chi connectivity index (χ3n) is 3.50. The van der Waals surface area contributed by atoms with Gasteiger partial charge in [-0.15, -0.1) is 0 Å². The van der Waals surface area contributed by atoms with Gasteiger partial charge in [0.1, 0.15) is 5.56 Å². The van der Waals surface area contributed by atoms with Crippen LogP contribution in [0.1, 0.15) is 21.9 Å². The van der Waals surface area contributed by atoms with Crippen molar-refractivity contribution < 1.29 is 9.32 Å². The number of aryl methyl sites for hydroxylation is 1. The van der Waals surface area contributed by atoms with Crippen molar-refractivity contribution in [2.24, 2.45) is 0 Å². The molecule has 0 bridgehead atoms. The summed E-state index contributed by atoms with van der Waals surface area (Å²) in [6, 6.07) is 10.8. The minimum Gasteiger partial charge on any atom is -0.364 e. The van der Waals surface area contributed by atoms with Gasteiger partial charge in [-0.1, -0.05) is 23.4 Å². The van der Waals surface area contributed by atoms with Gasteiger partial charge in [0.15, 0.2) is 11.3 Å². The van der Waals surface area contributed by atoms with Crippen molar-refractivity contribution in [1.82, 2.24) is 20.0 Å². The molecule has 0 unspecified atom stereocenters. The quantitative estimate of drug-likeness (QED) is 0.792. The highest BCUT2D eigenvalue weighted by atomic mass is 16.5. The number of nitrogens with zero attached hydrogens (tertiary/aromatic N) is 3. The molecule has 0 radical (unpaired) electrons. The number of hydrogen-bond acceptors (Lipinski definition) is 5. The van der Waals surface area contributed by atoms with Crippen molar-refractivity contribution in [2.75, 3.05) is 7.05 Å². The lowest BCUT2D eigenvalue weighted by Gasteiger charge is -2.14. The molecule has 0 atom stereocenters. The van der Waals surface area contributed by atoms with E-state index in [4.69, 9.17) is 4.52 Å². The van der Waals surface area contributed by atoms with Crippen molar-refractivity contribution in [3.8, 4) is 11.5 Å². The SMILES string of the molecule is Cc1cc(=O)c(C(=O)N(C)Cc2noc(-c3ccccc3)n2)c[nH]1. The summed E-state index contributed by atoms with van der Waals surface area (Å²) in [5.41, 5.74) is 1.26. The lowest BCUT2D eigenvalue weighted by Crippen LogP contribution is -2.31. The maximum absolute atomic E-state index is 12.4. The molecule has 2 aromatic heterocycles.